The smallest absolute Gasteiger partial charge is 0.316 e. The summed E-state index contributed by atoms with van der Waals surface area (Å²) in [4.78, 5) is 0. The fourth-order valence-electron chi connectivity index (χ4n) is 2.27. The van der Waals surface area contributed by atoms with Gasteiger partial charge in [-0.05, 0) is 44.1 Å². The predicted molar refractivity (Wildman–Crippen MR) is 88.2 cm³/mol. The summed E-state index contributed by atoms with van der Waals surface area (Å²) in [7, 11) is -2.37. The Morgan fingerprint density at radius 3 is 2.17 bits per heavy atom. The fraction of sp³-hybridized carbons (Fsp3) is 1.00. The van der Waals surface area contributed by atoms with Gasteiger partial charge in [-0.1, -0.05) is 26.2 Å². The van der Waals surface area contributed by atoms with E-state index in [0.717, 1.165) is 22.1 Å². The molecule has 0 spiro atoms. The first kappa shape index (κ1) is 16.8. The highest BCUT2D eigenvalue weighted by atomic mass is 28.5. The van der Waals surface area contributed by atoms with E-state index in [2.05, 4.69) is 26.6 Å². The quantitative estimate of drug-likeness (QED) is 0.743. The maximum atomic E-state index is 6.07. The van der Waals surface area contributed by atoms with Crippen molar-refractivity contribution in [3.8, 4) is 0 Å². The van der Waals surface area contributed by atoms with Crippen molar-refractivity contribution in [3.05, 3.63) is 0 Å². The van der Waals surface area contributed by atoms with E-state index in [0.29, 0.717) is 0 Å². The summed E-state index contributed by atoms with van der Waals surface area (Å²) in [5.74, 6) is 0. The molecule has 1 saturated carbocycles. The molecule has 3 nitrogen and oxygen atoms in total. The molecule has 7 heteroatoms. The van der Waals surface area contributed by atoms with Crippen LogP contribution in [0, 0.1) is 0 Å². The van der Waals surface area contributed by atoms with Crippen molar-refractivity contribution in [1.29, 1.82) is 0 Å². The van der Waals surface area contributed by atoms with Crippen LogP contribution >= 0.6 is 0 Å². The number of hydrogen-bond donors (Lipinski definition) is 0. The first-order valence-corrected chi connectivity index (χ1v) is 15.1. The average Bonchev–Trinajstić information content (AvgIpc) is 2.36. The molecule has 0 aromatic rings. The van der Waals surface area contributed by atoms with E-state index in [1.165, 1.54) is 32.1 Å². The van der Waals surface area contributed by atoms with Crippen LogP contribution in [0.2, 0.25) is 31.2 Å². The van der Waals surface area contributed by atoms with Crippen LogP contribution in [-0.4, -0.2) is 37.4 Å². The Balaban J connectivity index is 0.000000280. The lowest BCUT2D eigenvalue weighted by Gasteiger charge is -2.46. The van der Waals surface area contributed by atoms with Gasteiger partial charge in [0.25, 0.3) is 0 Å². The van der Waals surface area contributed by atoms with E-state index in [9.17, 15) is 0 Å². The molecule has 2 rings (SSSR count). The predicted octanol–water partition coefficient (Wildman–Crippen LogP) is 1.95. The largest absolute Gasteiger partial charge is 0.466 e. The van der Waals surface area contributed by atoms with Crippen LogP contribution in [0.3, 0.4) is 0 Å². The van der Waals surface area contributed by atoms with E-state index in [4.69, 9.17) is 12.3 Å². The zero-order valence-corrected chi connectivity index (χ0v) is 18.0. The van der Waals surface area contributed by atoms with Gasteiger partial charge in [-0.15, -0.1) is 0 Å². The Kier molecular flexibility index (Phi) is 7.59. The summed E-state index contributed by atoms with van der Waals surface area (Å²) in [6, 6.07) is 1.13. The lowest BCUT2D eigenvalue weighted by Crippen LogP contribution is -2.60. The average molecular weight is 323 g/mol. The van der Waals surface area contributed by atoms with Crippen molar-refractivity contribution in [2.45, 2.75) is 70.3 Å². The lowest BCUT2D eigenvalue weighted by molar-refractivity contribution is 0.228. The van der Waals surface area contributed by atoms with Gasteiger partial charge in [0, 0.05) is 0 Å². The van der Waals surface area contributed by atoms with Crippen molar-refractivity contribution < 1.29 is 12.3 Å². The van der Waals surface area contributed by atoms with Crippen LogP contribution in [-0.2, 0) is 12.3 Å². The molecule has 1 heterocycles. The number of rotatable bonds is 3. The van der Waals surface area contributed by atoms with Gasteiger partial charge in [0.2, 0.25) is 0 Å². The van der Waals surface area contributed by atoms with Crippen LogP contribution in [0.5, 0.6) is 0 Å². The van der Waals surface area contributed by atoms with E-state index in [1.54, 1.807) is 0 Å². The summed E-state index contributed by atoms with van der Waals surface area (Å²) in [6.45, 7) is 8.75. The Labute approximate surface area is 120 Å². The van der Waals surface area contributed by atoms with Crippen molar-refractivity contribution in [3.63, 3.8) is 0 Å². The lowest BCUT2D eigenvalue weighted by atomic mass is 10.0. The van der Waals surface area contributed by atoms with Crippen molar-refractivity contribution in [2.75, 3.05) is 0 Å². The molecule has 18 heavy (non-hydrogen) atoms. The van der Waals surface area contributed by atoms with Gasteiger partial charge in [0.1, 0.15) is 10.5 Å². The molecule has 0 amide bonds. The molecule has 0 bridgehead atoms. The molecule has 0 N–H and O–H groups in total. The molecule has 1 aliphatic carbocycles. The van der Waals surface area contributed by atoms with Crippen molar-refractivity contribution in [2.24, 2.45) is 0 Å². The van der Waals surface area contributed by atoms with E-state index in [1.807, 2.05) is 0 Å². The number of hydrogen-bond acceptors (Lipinski definition) is 3. The summed E-state index contributed by atoms with van der Waals surface area (Å²) < 4.78 is 17.2. The molecule has 0 unspecified atom stereocenters. The molecule has 108 valence electrons. The molecule has 1 aliphatic heterocycles. The maximum Gasteiger partial charge on any atom is 0.316 e. The molecule has 1 saturated heterocycles. The molecular formula is C11H30O3Si4. The minimum Gasteiger partial charge on any atom is -0.466 e. The van der Waals surface area contributed by atoms with Crippen LogP contribution < -0.4 is 0 Å². The molecule has 0 atom stereocenters. The first-order chi connectivity index (χ1) is 8.50. The van der Waals surface area contributed by atoms with Gasteiger partial charge >= 0.3 is 17.8 Å². The fourth-order valence-corrected chi connectivity index (χ4v) is 10.2. The monoisotopic (exact) mass is 322 g/mol. The van der Waals surface area contributed by atoms with Crippen LogP contribution in [0.4, 0.5) is 0 Å². The minimum absolute atomic E-state index is 0.588. The van der Waals surface area contributed by atoms with Crippen LogP contribution in [0.15, 0.2) is 0 Å². The highest BCUT2D eigenvalue weighted by molar-refractivity contribution is 6.85. The van der Waals surface area contributed by atoms with E-state index in [-0.39, 0.29) is 0 Å². The maximum absolute atomic E-state index is 6.07. The van der Waals surface area contributed by atoms with E-state index < -0.39 is 26.9 Å². The van der Waals surface area contributed by atoms with Gasteiger partial charge in [-0.3, -0.25) is 0 Å². The molecule has 0 radical (unpaired) electrons. The third kappa shape index (κ3) is 5.39. The van der Waals surface area contributed by atoms with Gasteiger partial charge in [0.05, 0.1) is 0 Å². The van der Waals surface area contributed by atoms with Gasteiger partial charge in [-0.2, -0.15) is 0 Å². The standard InChI is InChI=1S/C9H20O2Si2.C2H10OSi2/c1-3-13(2)10-12(11-13)9-7-5-4-6-8-9;1-5(2)3-4/h9,12H,3-8H2,1-2H3;5H,1-2,4H3. The van der Waals surface area contributed by atoms with Gasteiger partial charge in [0.15, 0.2) is 9.04 Å². The van der Waals surface area contributed by atoms with Crippen molar-refractivity contribution >= 4 is 37.4 Å². The molecule has 0 aromatic carbocycles. The molecular weight excluding hydrogens is 292 g/mol. The third-order valence-corrected chi connectivity index (χ3v) is 16.2. The molecule has 2 aliphatic rings. The van der Waals surface area contributed by atoms with Gasteiger partial charge in [-0.25, -0.2) is 0 Å². The van der Waals surface area contributed by atoms with Crippen molar-refractivity contribution in [1.82, 2.24) is 0 Å². The Bertz CT molecular complexity index is 228. The molecule has 0 aromatic heterocycles. The normalized spacial score (nSPS) is 32.8. The Morgan fingerprint density at radius 2 is 1.78 bits per heavy atom. The summed E-state index contributed by atoms with van der Waals surface area (Å²) in [6.07, 6.45) is 7.01. The third-order valence-electron chi connectivity index (χ3n) is 3.88. The summed E-state index contributed by atoms with van der Waals surface area (Å²) >= 11 is 0. The minimum atomic E-state index is -1.56. The zero-order chi connectivity index (χ0) is 13.6. The highest BCUT2D eigenvalue weighted by Gasteiger charge is 2.49. The second kappa shape index (κ2) is 8.13. The second-order valence-corrected chi connectivity index (χ2v) is 16.3. The Hall–Kier alpha value is 0.748. The first-order valence-electron chi connectivity index (χ1n) is 7.39. The molecule has 2 fully saturated rings. The highest BCUT2D eigenvalue weighted by Crippen LogP contribution is 2.39. The van der Waals surface area contributed by atoms with E-state index >= 15 is 0 Å². The second-order valence-electron chi connectivity index (χ2n) is 5.77. The van der Waals surface area contributed by atoms with Gasteiger partial charge < -0.3 is 12.3 Å². The summed E-state index contributed by atoms with van der Waals surface area (Å²) in [5, 5.41) is 0. The zero-order valence-electron chi connectivity index (χ0n) is 12.7. The summed E-state index contributed by atoms with van der Waals surface area (Å²) in [5.41, 5.74) is 0.848. The van der Waals surface area contributed by atoms with Crippen LogP contribution in [0.25, 0.3) is 0 Å². The van der Waals surface area contributed by atoms with Crippen LogP contribution in [0.1, 0.15) is 39.0 Å². The SMILES string of the molecule is CC[Si]1(C)O[SiH](C2CCCCC2)O1.C[SiH](C)O[SiH3]. The Morgan fingerprint density at radius 1 is 1.28 bits per heavy atom. The topological polar surface area (TPSA) is 27.7 Å².